The van der Waals surface area contributed by atoms with E-state index in [1.165, 1.54) is 7.11 Å². The second-order valence-electron chi connectivity index (χ2n) is 3.65. The highest BCUT2D eigenvalue weighted by atomic mass is 16.5. The molecule has 100 valence electrons. The zero-order valence-corrected chi connectivity index (χ0v) is 11.0. The number of hydrogen-bond acceptors (Lipinski definition) is 6. The van der Waals surface area contributed by atoms with Crippen molar-refractivity contribution in [1.82, 2.24) is 9.97 Å². The Kier molecular flexibility index (Phi) is 4.02. The van der Waals surface area contributed by atoms with Gasteiger partial charge in [0.2, 0.25) is 0 Å². The topological polar surface area (TPSA) is 65.5 Å². The van der Waals surface area contributed by atoms with Crippen molar-refractivity contribution in [3.63, 3.8) is 0 Å². The van der Waals surface area contributed by atoms with Crippen molar-refractivity contribution in [3.05, 3.63) is 30.5 Å². The van der Waals surface area contributed by atoms with Crippen molar-refractivity contribution in [1.29, 1.82) is 0 Å². The van der Waals surface area contributed by atoms with Crippen LogP contribution in [0.3, 0.4) is 0 Å². The number of hydrogen-bond donors (Lipinski definition) is 1. The summed E-state index contributed by atoms with van der Waals surface area (Å²) in [6.07, 6.45) is 1.62. The van der Waals surface area contributed by atoms with E-state index in [2.05, 4.69) is 15.3 Å². The zero-order valence-electron chi connectivity index (χ0n) is 11.0. The molecule has 0 aliphatic carbocycles. The van der Waals surface area contributed by atoms with Crippen LogP contribution < -0.4 is 19.5 Å². The summed E-state index contributed by atoms with van der Waals surface area (Å²) < 4.78 is 15.4. The lowest BCUT2D eigenvalue weighted by Crippen LogP contribution is -1.98. The van der Waals surface area contributed by atoms with E-state index in [1.54, 1.807) is 32.5 Å². The predicted molar refractivity (Wildman–Crippen MR) is 71.4 cm³/mol. The Morgan fingerprint density at radius 1 is 0.947 bits per heavy atom. The fourth-order valence-electron chi connectivity index (χ4n) is 1.54. The molecule has 6 heteroatoms. The third-order valence-electron chi connectivity index (χ3n) is 2.44. The Balaban J connectivity index is 2.26. The van der Waals surface area contributed by atoms with Crippen LogP contribution >= 0.6 is 0 Å². The standard InChI is InChI=1S/C13H15N3O3/c1-17-10-6-9(7-11(8-10)18-2)15-12-4-5-14-13(16-12)19-3/h4-8H,1-3H3,(H,14,15,16). The first-order chi connectivity index (χ1) is 9.25. The molecule has 0 spiro atoms. The molecule has 0 amide bonds. The van der Waals surface area contributed by atoms with Crippen molar-refractivity contribution in [2.75, 3.05) is 26.6 Å². The Morgan fingerprint density at radius 3 is 2.21 bits per heavy atom. The molecule has 0 fully saturated rings. The van der Waals surface area contributed by atoms with Gasteiger partial charge in [-0.05, 0) is 6.07 Å². The van der Waals surface area contributed by atoms with Gasteiger partial charge in [0.25, 0.3) is 0 Å². The second kappa shape index (κ2) is 5.90. The van der Waals surface area contributed by atoms with Gasteiger partial charge in [-0.3, -0.25) is 0 Å². The van der Waals surface area contributed by atoms with Crippen LogP contribution in [-0.4, -0.2) is 31.3 Å². The molecule has 1 N–H and O–H groups in total. The summed E-state index contributed by atoms with van der Waals surface area (Å²) in [6, 6.07) is 7.54. The van der Waals surface area contributed by atoms with E-state index in [-0.39, 0.29) is 0 Å². The first-order valence-electron chi connectivity index (χ1n) is 5.62. The molecule has 0 unspecified atom stereocenters. The molecule has 0 aliphatic rings. The van der Waals surface area contributed by atoms with Crippen LogP contribution in [0.5, 0.6) is 17.5 Å². The van der Waals surface area contributed by atoms with Gasteiger partial charge in [0.15, 0.2) is 0 Å². The molecule has 19 heavy (non-hydrogen) atoms. The van der Waals surface area contributed by atoms with E-state index in [4.69, 9.17) is 14.2 Å². The highest BCUT2D eigenvalue weighted by Crippen LogP contribution is 2.27. The number of nitrogens with one attached hydrogen (secondary N) is 1. The highest BCUT2D eigenvalue weighted by molar-refractivity contribution is 5.61. The minimum absolute atomic E-state index is 0.305. The molecule has 1 aromatic carbocycles. The van der Waals surface area contributed by atoms with Gasteiger partial charge >= 0.3 is 6.01 Å². The summed E-state index contributed by atoms with van der Waals surface area (Å²) in [5, 5.41) is 3.14. The van der Waals surface area contributed by atoms with Gasteiger partial charge in [-0.1, -0.05) is 0 Å². The fraction of sp³-hybridized carbons (Fsp3) is 0.231. The molecular formula is C13H15N3O3. The summed E-state index contributed by atoms with van der Waals surface area (Å²) in [5.74, 6) is 2.02. The van der Waals surface area contributed by atoms with E-state index in [1.807, 2.05) is 12.1 Å². The first-order valence-corrected chi connectivity index (χ1v) is 5.62. The Labute approximate surface area is 111 Å². The average Bonchev–Trinajstić information content (AvgIpc) is 2.47. The van der Waals surface area contributed by atoms with Gasteiger partial charge in [-0.2, -0.15) is 4.98 Å². The Morgan fingerprint density at radius 2 is 1.63 bits per heavy atom. The third kappa shape index (κ3) is 3.25. The van der Waals surface area contributed by atoms with Crippen LogP contribution in [0.1, 0.15) is 0 Å². The van der Waals surface area contributed by atoms with Crippen LogP contribution in [0, 0.1) is 0 Å². The Hall–Kier alpha value is -2.50. The lowest BCUT2D eigenvalue weighted by Gasteiger charge is -2.10. The van der Waals surface area contributed by atoms with Crippen molar-refractivity contribution in [2.24, 2.45) is 0 Å². The average molecular weight is 261 g/mol. The first kappa shape index (κ1) is 12.9. The quantitative estimate of drug-likeness (QED) is 0.890. The number of anilines is 2. The number of benzene rings is 1. The molecule has 2 rings (SSSR count). The zero-order chi connectivity index (χ0) is 13.7. The molecule has 1 heterocycles. The van der Waals surface area contributed by atoms with Crippen LogP contribution in [0.2, 0.25) is 0 Å². The summed E-state index contributed by atoms with van der Waals surface area (Å²) in [7, 11) is 4.73. The van der Waals surface area contributed by atoms with Crippen molar-refractivity contribution in [3.8, 4) is 17.5 Å². The maximum atomic E-state index is 5.20. The highest BCUT2D eigenvalue weighted by Gasteiger charge is 2.04. The minimum Gasteiger partial charge on any atom is -0.497 e. The van der Waals surface area contributed by atoms with Crippen LogP contribution in [-0.2, 0) is 0 Å². The number of methoxy groups -OCH3 is 3. The van der Waals surface area contributed by atoms with E-state index in [0.717, 1.165) is 5.69 Å². The summed E-state index contributed by atoms with van der Waals surface area (Å²) in [4.78, 5) is 8.12. The molecule has 6 nitrogen and oxygen atoms in total. The monoisotopic (exact) mass is 261 g/mol. The molecule has 0 aliphatic heterocycles. The minimum atomic E-state index is 0.305. The van der Waals surface area contributed by atoms with Gasteiger partial charge < -0.3 is 19.5 Å². The number of nitrogens with zero attached hydrogens (tertiary/aromatic N) is 2. The maximum Gasteiger partial charge on any atom is 0.318 e. The molecule has 0 bridgehead atoms. The van der Waals surface area contributed by atoms with Crippen molar-refractivity contribution >= 4 is 11.5 Å². The van der Waals surface area contributed by atoms with Crippen LogP contribution in [0.25, 0.3) is 0 Å². The lowest BCUT2D eigenvalue weighted by molar-refractivity contribution is 0.380. The second-order valence-corrected chi connectivity index (χ2v) is 3.65. The SMILES string of the molecule is COc1cc(Nc2ccnc(OC)n2)cc(OC)c1. The van der Waals surface area contributed by atoms with E-state index in [0.29, 0.717) is 23.3 Å². The van der Waals surface area contributed by atoms with E-state index in [9.17, 15) is 0 Å². The van der Waals surface area contributed by atoms with Crippen LogP contribution in [0.15, 0.2) is 30.5 Å². The molecule has 2 aromatic rings. The van der Waals surface area contributed by atoms with Crippen LogP contribution in [0.4, 0.5) is 11.5 Å². The van der Waals surface area contributed by atoms with Gasteiger partial charge in [0.1, 0.15) is 17.3 Å². The van der Waals surface area contributed by atoms with Gasteiger partial charge in [0.05, 0.1) is 21.3 Å². The lowest BCUT2D eigenvalue weighted by atomic mass is 10.2. The predicted octanol–water partition coefficient (Wildman–Crippen LogP) is 2.25. The third-order valence-corrected chi connectivity index (χ3v) is 2.44. The summed E-state index contributed by atoms with van der Waals surface area (Å²) in [5.41, 5.74) is 0.803. The van der Waals surface area contributed by atoms with E-state index < -0.39 is 0 Å². The molecule has 0 atom stereocenters. The molecule has 1 aromatic heterocycles. The Bertz CT molecular complexity index is 538. The summed E-state index contributed by atoms with van der Waals surface area (Å²) >= 11 is 0. The van der Waals surface area contributed by atoms with Gasteiger partial charge in [-0.25, -0.2) is 4.98 Å². The van der Waals surface area contributed by atoms with Crippen molar-refractivity contribution in [2.45, 2.75) is 0 Å². The summed E-state index contributed by atoms with van der Waals surface area (Å²) in [6.45, 7) is 0. The largest absolute Gasteiger partial charge is 0.497 e. The molecule has 0 saturated heterocycles. The van der Waals surface area contributed by atoms with Crippen molar-refractivity contribution < 1.29 is 14.2 Å². The van der Waals surface area contributed by atoms with Gasteiger partial charge in [0, 0.05) is 30.1 Å². The molecule has 0 radical (unpaired) electrons. The smallest absolute Gasteiger partial charge is 0.318 e. The normalized spacial score (nSPS) is 9.84. The number of aromatic nitrogens is 2. The van der Waals surface area contributed by atoms with Gasteiger partial charge in [-0.15, -0.1) is 0 Å². The molecule has 0 saturated carbocycles. The number of ether oxygens (including phenoxy) is 3. The van der Waals surface area contributed by atoms with E-state index >= 15 is 0 Å². The maximum absolute atomic E-state index is 5.20. The fourth-order valence-corrected chi connectivity index (χ4v) is 1.54. The number of rotatable bonds is 5. The molecular weight excluding hydrogens is 246 g/mol.